The number of hydrogen-bond acceptors (Lipinski definition) is 7. The quantitative estimate of drug-likeness (QED) is 0.547. The van der Waals surface area contributed by atoms with Gasteiger partial charge in [0.25, 0.3) is 5.56 Å². The summed E-state index contributed by atoms with van der Waals surface area (Å²) in [7, 11) is -3.70. The monoisotopic (exact) mass is 486 g/mol. The average Bonchev–Trinajstić information content (AvgIpc) is 3.48. The van der Waals surface area contributed by atoms with Gasteiger partial charge in [-0.1, -0.05) is 12.8 Å². The maximum absolute atomic E-state index is 13.3. The summed E-state index contributed by atoms with van der Waals surface area (Å²) >= 11 is 0. The lowest BCUT2D eigenvalue weighted by Gasteiger charge is -2.26. The summed E-state index contributed by atoms with van der Waals surface area (Å²) in [5.74, 6) is 1.77. The molecule has 2 aromatic heterocycles. The van der Waals surface area contributed by atoms with Gasteiger partial charge in [0, 0.05) is 32.1 Å². The van der Waals surface area contributed by atoms with Gasteiger partial charge in [-0.2, -0.15) is 4.31 Å². The van der Waals surface area contributed by atoms with Crippen LogP contribution in [0.15, 0.2) is 27.9 Å². The summed E-state index contributed by atoms with van der Waals surface area (Å²) < 4.78 is 35.5. The lowest BCUT2D eigenvalue weighted by atomic mass is 10.1. The van der Waals surface area contributed by atoms with Crippen molar-refractivity contribution in [3.05, 3.63) is 40.1 Å². The van der Waals surface area contributed by atoms with Crippen LogP contribution in [-0.2, 0) is 10.0 Å². The Morgan fingerprint density at radius 3 is 2.62 bits per heavy atom. The minimum Gasteiger partial charge on any atom is -0.493 e. The van der Waals surface area contributed by atoms with Crippen LogP contribution in [0.2, 0.25) is 0 Å². The van der Waals surface area contributed by atoms with Crippen molar-refractivity contribution in [2.75, 3.05) is 32.8 Å². The molecule has 1 saturated heterocycles. The maximum Gasteiger partial charge on any atom is 0.277 e. The van der Waals surface area contributed by atoms with Crippen molar-refractivity contribution in [2.45, 2.75) is 50.3 Å². The van der Waals surface area contributed by atoms with Gasteiger partial charge in [-0.15, -0.1) is 5.10 Å². The third kappa shape index (κ3) is 4.01. The highest BCUT2D eigenvalue weighted by molar-refractivity contribution is 7.89. The first-order chi connectivity index (χ1) is 16.4. The molecule has 0 bridgehead atoms. The largest absolute Gasteiger partial charge is 0.493 e. The van der Waals surface area contributed by atoms with Crippen molar-refractivity contribution in [2.24, 2.45) is 0 Å². The highest BCUT2D eigenvalue weighted by Crippen LogP contribution is 2.35. The molecule has 0 atom stereocenters. The van der Waals surface area contributed by atoms with Crippen LogP contribution in [0.4, 0.5) is 0 Å². The van der Waals surface area contributed by atoms with E-state index >= 15 is 0 Å². The van der Waals surface area contributed by atoms with E-state index in [2.05, 4.69) is 15.3 Å². The number of aryl methyl sites for hydroxylation is 1. The second kappa shape index (κ2) is 9.12. The predicted molar refractivity (Wildman–Crippen MR) is 128 cm³/mol. The lowest BCUT2D eigenvalue weighted by molar-refractivity contribution is 0.341. The van der Waals surface area contributed by atoms with Crippen LogP contribution < -0.4 is 15.6 Å². The van der Waals surface area contributed by atoms with Crippen LogP contribution in [0.5, 0.6) is 5.75 Å². The first kappa shape index (κ1) is 23.0. The Kier molecular flexibility index (Phi) is 6.17. The Morgan fingerprint density at radius 1 is 1.18 bits per heavy atom. The number of rotatable bonds is 6. The molecule has 0 unspecified atom stereocenters. The van der Waals surface area contributed by atoms with E-state index in [4.69, 9.17) is 9.84 Å². The number of nitrogens with zero attached hydrogens (tertiary/aromatic N) is 4. The number of hydrogen-bond donors (Lipinski definition) is 2. The first-order valence-corrected chi connectivity index (χ1v) is 13.3. The second-order valence-corrected chi connectivity index (χ2v) is 10.8. The molecule has 34 heavy (non-hydrogen) atoms. The number of H-pyrrole nitrogens is 1. The van der Waals surface area contributed by atoms with Crippen molar-refractivity contribution < 1.29 is 13.2 Å². The van der Waals surface area contributed by atoms with E-state index in [0.717, 1.165) is 31.5 Å². The van der Waals surface area contributed by atoms with Gasteiger partial charge in [-0.25, -0.2) is 17.9 Å². The molecule has 2 N–H and O–H groups in total. The van der Waals surface area contributed by atoms with Crippen molar-refractivity contribution in [1.29, 1.82) is 0 Å². The number of piperazine rings is 1. The van der Waals surface area contributed by atoms with Crippen molar-refractivity contribution in [3.8, 4) is 17.1 Å². The third-order valence-corrected chi connectivity index (χ3v) is 8.54. The highest BCUT2D eigenvalue weighted by atomic mass is 32.2. The summed E-state index contributed by atoms with van der Waals surface area (Å²) in [6.07, 6.45) is 4.31. The zero-order chi connectivity index (χ0) is 23.9. The normalized spacial score (nSPS) is 18.1. The number of imidazole rings is 1. The van der Waals surface area contributed by atoms with Crippen molar-refractivity contribution in [1.82, 2.24) is 29.2 Å². The molecule has 1 saturated carbocycles. The van der Waals surface area contributed by atoms with Crippen molar-refractivity contribution in [3.63, 3.8) is 0 Å². The molecular weight excluding hydrogens is 456 g/mol. The van der Waals surface area contributed by atoms with Gasteiger partial charge in [0.05, 0.1) is 22.8 Å². The zero-order valence-electron chi connectivity index (χ0n) is 19.5. The van der Waals surface area contributed by atoms with E-state index in [-0.39, 0.29) is 22.2 Å². The molecule has 1 aliphatic heterocycles. The Hall–Kier alpha value is -2.76. The number of ether oxygens (including phenoxy) is 1. The van der Waals surface area contributed by atoms with Crippen LogP contribution in [0, 0.1) is 6.92 Å². The molecule has 0 radical (unpaired) electrons. The molecule has 0 amide bonds. The molecule has 182 valence electrons. The number of benzene rings is 1. The fourth-order valence-electron chi connectivity index (χ4n) is 4.93. The number of aromatic nitrogens is 4. The molecule has 1 aliphatic carbocycles. The molecule has 1 aromatic carbocycles. The fourth-order valence-corrected chi connectivity index (χ4v) is 6.40. The van der Waals surface area contributed by atoms with Gasteiger partial charge in [0.15, 0.2) is 11.3 Å². The summed E-state index contributed by atoms with van der Waals surface area (Å²) in [6, 6.07) is 4.73. The Balaban J connectivity index is 1.66. The predicted octanol–water partition coefficient (Wildman–Crippen LogP) is 2.04. The van der Waals surface area contributed by atoms with Gasteiger partial charge >= 0.3 is 0 Å². The van der Waals surface area contributed by atoms with Crippen LogP contribution >= 0.6 is 0 Å². The van der Waals surface area contributed by atoms with E-state index in [1.807, 2.05) is 13.8 Å². The molecule has 0 spiro atoms. The number of aromatic amines is 1. The number of nitrogens with one attached hydrogen (secondary N) is 2. The van der Waals surface area contributed by atoms with Gasteiger partial charge in [-0.3, -0.25) is 4.79 Å². The van der Waals surface area contributed by atoms with Crippen LogP contribution in [0.3, 0.4) is 0 Å². The molecule has 3 heterocycles. The van der Waals surface area contributed by atoms with E-state index in [9.17, 15) is 13.2 Å². The molecular formula is C23H30N6O4S. The zero-order valence-corrected chi connectivity index (χ0v) is 20.3. The summed E-state index contributed by atoms with van der Waals surface area (Å²) in [6.45, 7) is 6.09. The molecule has 11 heteroatoms. The summed E-state index contributed by atoms with van der Waals surface area (Å²) in [5, 5.41) is 7.92. The summed E-state index contributed by atoms with van der Waals surface area (Å²) in [5.41, 5.74) is 1.19. The minimum absolute atomic E-state index is 0.147. The lowest BCUT2D eigenvalue weighted by Crippen LogP contribution is -2.46. The number of sulfonamides is 1. The Labute approximate surface area is 198 Å². The molecule has 3 aromatic rings. The van der Waals surface area contributed by atoms with Crippen LogP contribution in [0.25, 0.3) is 16.9 Å². The topological polar surface area (TPSA) is 122 Å². The average molecular weight is 487 g/mol. The van der Waals surface area contributed by atoms with Gasteiger partial charge in [-0.05, 0) is 44.9 Å². The van der Waals surface area contributed by atoms with Crippen molar-refractivity contribution >= 4 is 15.5 Å². The summed E-state index contributed by atoms with van der Waals surface area (Å²) in [4.78, 5) is 20.8. The standard InChI is InChI=1S/C23H30N6O4S/c1-3-33-19-9-8-17(34(31,32)28-12-10-24-11-13-28)14-18(19)21-26-23(30)20-15(2)25-22(29(20)27-21)16-6-4-5-7-16/h8-9,14,16,24H,3-7,10-13H2,1-2H3,(H,26,27,30). The van der Waals surface area contributed by atoms with Crippen LogP contribution in [-0.4, -0.2) is 65.1 Å². The molecule has 5 rings (SSSR count). The SMILES string of the molecule is CCOc1ccc(S(=O)(=O)N2CCNCC2)cc1-c1nn2c(C3CCCC3)nc(C)c2c(=O)[nH]1. The Morgan fingerprint density at radius 2 is 1.91 bits per heavy atom. The second-order valence-electron chi connectivity index (χ2n) is 8.84. The smallest absolute Gasteiger partial charge is 0.277 e. The van der Waals surface area contributed by atoms with Crippen LogP contribution in [0.1, 0.15) is 50.0 Å². The minimum atomic E-state index is -3.70. The highest BCUT2D eigenvalue weighted by Gasteiger charge is 2.28. The van der Waals surface area contributed by atoms with E-state index in [0.29, 0.717) is 55.3 Å². The molecule has 10 nitrogen and oxygen atoms in total. The number of fused-ring (bicyclic) bond motifs is 1. The van der Waals surface area contributed by atoms with Gasteiger partial charge in [0.1, 0.15) is 11.6 Å². The van der Waals surface area contributed by atoms with E-state index in [1.165, 1.54) is 4.31 Å². The van der Waals surface area contributed by atoms with E-state index < -0.39 is 10.0 Å². The third-order valence-electron chi connectivity index (χ3n) is 6.64. The van der Waals surface area contributed by atoms with Gasteiger partial charge < -0.3 is 15.0 Å². The Bertz CT molecular complexity index is 1370. The van der Waals surface area contributed by atoms with Gasteiger partial charge in [0.2, 0.25) is 10.0 Å². The first-order valence-electron chi connectivity index (χ1n) is 11.9. The molecule has 2 fully saturated rings. The van der Waals surface area contributed by atoms with E-state index in [1.54, 1.807) is 22.7 Å². The fraction of sp³-hybridized carbons (Fsp3) is 0.522. The maximum atomic E-state index is 13.3. The molecule has 2 aliphatic rings.